The molecule has 0 radical (unpaired) electrons. The van der Waals surface area contributed by atoms with Crippen molar-refractivity contribution in [3.63, 3.8) is 0 Å². The van der Waals surface area contributed by atoms with Crippen LogP contribution in [0.5, 0.6) is 0 Å². The van der Waals surface area contributed by atoms with E-state index in [0.29, 0.717) is 17.3 Å². The molecule has 19 heavy (non-hydrogen) atoms. The van der Waals surface area contributed by atoms with Gasteiger partial charge in [0.25, 0.3) is 5.56 Å². The molecule has 7 nitrogen and oxygen atoms in total. The molecule has 3 rings (SSSR count). The molecular weight excluding hydrogens is 265 g/mol. The highest BCUT2D eigenvalue weighted by Crippen LogP contribution is 2.31. The molecule has 0 spiro atoms. The molecule has 8 heteroatoms. The summed E-state index contributed by atoms with van der Waals surface area (Å²) in [6.45, 7) is 2.17. The zero-order valence-electron chi connectivity index (χ0n) is 10.6. The van der Waals surface area contributed by atoms with E-state index in [1.165, 1.54) is 0 Å². The van der Waals surface area contributed by atoms with Crippen LogP contribution in [0.25, 0.3) is 11.2 Å². The smallest absolute Gasteiger partial charge is 0.280 e. The van der Waals surface area contributed by atoms with E-state index in [0.717, 1.165) is 27.6 Å². The van der Waals surface area contributed by atoms with Gasteiger partial charge < -0.3 is 10.5 Å². The molecule has 0 saturated carbocycles. The van der Waals surface area contributed by atoms with Crippen molar-refractivity contribution in [2.45, 2.75) is 25.2 Å². The number of nitrogen functional groups attached to an aromatic ring is 1. The van der Waals surface area contributed by atoms with Crippen molar-refractivity contribution in [1.29, 1.82) is 0 Å². The Kier molecular flexibility index (Phi) is 3.24. The van der Waals surface area contributed by atoms with Crippen molar-refractivity contribution >= 4 is 25.7 Å². The normalized spacial score (nSPS) is 23.8. The third-order valence-electron chi connectivity index (χ3n) is 3.28. The summed E-state index contributed by atoms with van der Waals surface area (Å²) in [4.78, 5) is 22.4. The van der Waals surface area contributed by atoms with Gasteiger partial charge in [0.05, 0.1) is 12.4 Å². The van der Waals surface area contributed by atoms with E-state index in [-0.39, 0.29) is 17.7 Å². The molecule has 0 aliphatic carbocycles. The van der Waals surface area contributed by atoms with E-state index in [4.69, 9.17) is 10.5 Å². The summed E-state index contributed by atoms with van der Waals surface area (Å²) in [6, 6.07) is 0. The average molecular weight is 281 g/mol. The van der Waals surface area contributed by atoms with Crippen LogP contribution in [-0.2, 0) is 4.74 Å². The first kappa shape index (κ1) is 12.6. The maximum Gasteiger partial charge on any atom is 0.280 e. The molecule has 2 aromatic heterocycles. The lowest BCUT2D eigenvalue weighted by Gasteiger charge is -2.14. The van der Waals surface area contributed by atoms with E-state index >= 15 is 0 Å². The predicted molar refractivity (Wildman–Crippen MR) is 74.8 cm³/mol. The largest absolute Gasteiger partial charge is 0.369 e. The first-order valence-corrected chi connectivity index (χ1v) is 7.92. The Morgan fingerprint density at radius 1 is 1.63 bits per heavy atom. The Bertz CT molecular complexity index is 652. The van der Waals surface area contributed by atoms with Gasteiger partial charge in [0, 0.05) is 0 Å². The molecule has 1 aliphatic heterocycles. The Morgan fingerprint density at radius 3 is 3.26 bits per heavy atom. The summed E-state index contributed by atoms with van der Waals surface area (Å²) in [5.41, 5.74) is 6.06. The maximum atomic E-state index is 11.7. The Morgan fingerprint density at radius 2 is 2.47 bits per heavy atom. The predicted octanol–water partition coefficient (Wildman–Crippen LogP) is 0.688. The standard InChI is InChI=1S/C11H16N5O2P/c1-19-4-6-2-3-7(18-6)16-5-13-8-9(16)14-11(12)15-10(8)17/h5-7,19H,2-4H2,1H3,(H3,12,14,15,17)/t6-,7+/m0/s1. The van der Waals surface area contributed by atoms with Crippen LogP contribution in [0.3, 0.4) is 0 Å². The third-order valence-corrected chi connectivity index (χ3v) is 4.14. The molecular formula is C11H16N5O2P. The number of rotatable bonds is 3. The maximum absolute atomic E-state index is 11.7. The summed E-state index contributed by atoms with van der Waals surface area (Å²) in [6.07, 6.45) is 4.83. The molecule has 0 bridgehead atoms. The van der Waals surface area contributed by atoms with Crippen molar-refractivity contribution in [1.82, 2.24) is 19.5 Å². The molecule has 3 atom stereocenters. The molecule has 2 aromatic rings. The van der Waals surface area contributed by atoms with Gasteiger partial charge in [0.2, 0.25) is 5.95 Å². The van der Waals surface area contributed by atoms with Crippen molar-refractivity contribution in [3.8, 4) is 0 Å². The van der Waals surface area contributed by atoms with Crippen LogP contribution < -0.4 is 11.3 Å². The van der Waals surface area contributed by atoms with Crippen LogP contribution in [0.15, 0.2) is 11.1 Å². The molecule has 1 aliphatic rings. The Hall–Kier alpha value is -1.46. The number of aromatic amines is 1. The van der Waals surface area contributed by atoms with Gasteiger partial charge >= 0.3 is 0 Å². The second kappa shape index (κ2) is 4.90. The zero-order valence-corrected chi connectivity index (χ0v) is 11.6. The fourth-order valence-corrected chi connectivity index (χ4v) is 3.18. The van der Waals surface area contributed by atoms with Crippen LogP contribution in [0.1, 0.15) is 19.1 Å². The third kappa shape index (κ3) is 2.24. The van der Waals surface area contributed by atoms with Gasteiger partial charge in [-0.3, -0.25) is 14.3 Å². The van der Waals surface area contributed by atoms with E-state index in [9.17, 15) is 4.79 Å². The quantitative estimate of drug-likeness (QED) is 0.806. The van der Waals surface area contributed by atoms with Crippen LogP contribution in [0, 0.1) is 0 Å². The second-order valence-corrected chi connectivity index (χ2v) is 5.74. The van der Waals surface area contributed by atoms with Crippen LogP contribution in [0.4, 0.5) is 5.95 Å². The van der Waals surface area contributed by atoms with Gasteiger partial charge in [-0.15, -0.1) is 8.58 Å². The monoisotopic (exact) mass is 281 g/mol. The summed E-state index contributed by atoms with van der Waals surface area (Å²) < 4.78 is 7.78. The average Bonchev–Trinajstić information content (AvgIpc) is 2.95. The van der Waals surface area contributed by atoms with E-state index in [2.05, 4.69) is 21.6 Å². The van der Waals surface area contributed by atoms with Gasteiger partial charge in [-0.2, -0.15) is 4.98 Å². The van der Waals surface area contributed by atoms with Gasteiger partial charge in [-0.05, 0) is 25.7 Å². The fourth-order valence-electron chi connectivity index (χ4n) is 2.42. The minimum Gasteiger partial charge on any atom is -0.369 e. The number of H-pyrrole nitrogens is 1. The van der Waals surface area contributed by atoms with E-state index < -0.39 is 0 Å². The van der Waals surface area contributed by atoms with E-state index in [1.807, 2.05) is 0 Å². The zero-order chi connectivity index (χ0) is 13.4. The van der Waals surface area contributed by atoms with Gasteiger partial charge in [-0.25, -0.2) is 4.98 Å². The summed E-state index contributed by atoms with van der Waals surface area (Å²) in [7, 11) is 0.883. The molecule has 0 aromatic carbocycles. The van der Waals surface area contributed by atoms with E-state index in [1.54, 1.807) is 10.9 Å². The lowest BCUT2D eigenvalue weighted by molar-refractivity contribution is 0.0151. The highest BCUT2D eigenvalue weighted by molar-refractivity contribution is 7.37. The molecule has 1 fully saturated rings. The number of imidazole rings is 1. The van der Waals surface area contributed by atoms with Crippen molar-refractivity contribution in [2.75, 3.05) is 18.6 Å². The molecule has 3 N–H and O–H groups in total. The highest BCUT2D eigenvalue weighted by Gasteiger charge is 2.27. The SMILES string of the molecule is CPC[C@@H]1CC[C@H](n2cnc3c(=O)[nH]c(N)nc32)O1. The number of aromatic nitrogens is 4. The molecule has 1 unspecified atom stereocenters. The lowest BCUT2D eigenvalue weighted by Crippen LogP contribution is -2.15. The van der Waals surface area contributed by atoms with Crippen molar-refractivity contribution in [2.24, 2.45) is 0 Å². The van der Waals surface area contributed by atoms with Gasteiger partial charge in [-0.1, -0.05) is 0 Å². The van der Waals surface area contributed by atoms with Crippen LogP contribution >= 0.6 is 8.58 Å². The van der Waals surface area contributed by atoms with Crippen LogP contribution in [-0.4, -0.2) is 38.4 Å². The summed E-state index contributed by atoms with van der Waals surface area (Å²) in [5.74, 6) is 0.101. The van der Waals surface area contributed by atoms with Crippen LogP contribution in [0.2, 0.25) is 0 Å². The Balaban J connectivity index is 1.96. The minimum atomic E-state index is -0.314. The fraction of sp³-hybridized carbons (Fsp3) is 0.545. The minimum absolute atomic E-state index is 0.0972. The highest BCUT2D eigenvalue weighted by atomic mass is 31.1. The number of nitrogens with one attached hydrogen (secondary N) is 1. The Labute approximate surface area is 111 Å². The lowest BCUT2D eigenvalue weighted by atomic mass is 10.2. The van der Waals surface area contributed by atoms with Gasteiger partial charge in [0.1, 0.15) is 6.23 Å². The number of hydrogen-bond acceptors (Lipinski definition) is 5. The number of fused-ring (bicyclic) bond motifs is 1. The molecule has 1 saturated heterocycles. The number of hydrogen-bond donors (Lipinski definition) is 2. The second-order valence-electron chi connectivity index (χ2n) is 4.62. The number of ether oxygens (including phenoxy) is 1. The molecule has 0 amide bonds. The first-order chi connectivity index (χ1) is 9.19. The van der Waals surface area contributed by atoms with Gasteiger partial charge in [0.15, 0.2) is 11.2 Å². The number of nitrogens with two attached hydrogens (primary N) is 1. The van der Waals surface area contributed by atoms with Crippen molar-refractivity contribution < 1.29 is 4.74 Å². The molecule has 3 heterocycles. The first-order valence-electron chi connectivity index (χ1n) is 6.21. The number of anilines is 1. The van der Waals surface area contributed by atoms with Crippen molar-refractivity contribution in [3.05, 3.63) is 16.7 Å². The summed E-state index contributed by atoms with van der Waals surface area (Å²) in [5, 5.41) is 0. The number of nitrogens with zero attached hydrogens (tertiary/aromatic N) is 3. The summed E-state index contributed by atoms with van der Waals surface area (Å²) >= 11 is 0. The molecule has 102 valence electrons. The topological polar surface area (TPSA) is 98.8 Å².